The zero-order chi connectivity index (χ0) is 12.0. The van der Waals surface area contributed by atoms with Crippen LogP contribution in [-0.4, -0.2) is 19.3 Å². The topological polar surface area (TPSA) is 63.4 Å². The highest BCUT2D eigenvalue weighted by molar-refractivity contribution is 7.86. The summed E-state index contributed by atoms with van der Waals surface area (Å²) in [6.45, 7) is 2.84. The van der Waals surface area contributed by atoms with Crippen LogP contribution in [0.3, 0.4) is 0 Å². The lowest BCUT2D eigenvalue weighted by Crippen LogP contribution is -2.36. The Morgan fingerprint density at radius 1 is 1.25 bits per heavy atom. The van der Waals surface area contributed by atoms with Crippen molar-refractivity contribution in [2.75, 3.05) is 6.54 Å². The van der Waals surface area contributed by atoms with Crippen LogP contribution in [0.1, 0.15) is 25.3 Å². The average molecular weight is 242 g/mol. The van der Waals surface area contributed by atoms with Gasteiger partial charge in [-0.2, -0.15) is 12.7 Å². The van der Waals surface area contributed by atoms with Gasteiger partial charge in [-0.3, -0.25) is 0 Å². The van der Waals surface area contributed by atoms with E-state index in [0.717, 1.165) is 18.4 Å². The van der Waals surface area contributed by atoms with Gasteiger partial charge < -0.3 is 0 Å². The van der Waals surface area contributed by atoms with Gasteiger partial charge in [0.05, 0.1) is 0 Å². The molecule has 0 aliphatic heterocycles. The van der Waals surface area contributed by atoms with Crippen LogP contribution in [0.5, 0.6) is 0 Å². The summed E-state index contributed by atoms with van der Waals surface area (Å²) in [4.78, 5) is 0. The second-order valence-electron chi connectivity index (χ2n) is 3.72. The maximum absolute atomic E-state index is 11.3. The van der Waals surface area contributed by atoms with Gasteiger partial charge in [-0.05, 0) is 12.0 Å². The van der Waals surface area contributed by atoms with Crippen molar-refractivity contribution in [2.45, 2.75) is 26.3 Å². The molecule has 0 bridgehead atoms. The van der Waals surface area contributed by atoms with E-state index in [-0.39, 0.29) is 0 Å². The predicted octanol–water partition coefficient (Wildman–Crippen LogP) is 1.49. The number of rotatable bonds is 6. The molecular formula is C11H18N2O2S. The molecule has 0 unspecified atom stereocenters. The van der Waals surface area contributed by atoms with Gasteiger partial charge in [-0.15, -0.1) is 0 Å². The summed E-state index contributed by atoms with van der Waals surface area (Å²) in [5.74, 6) is 0. The Morgan fingerprint density at radius 2 is 1.88 bits per heavy atom. The molecule has 90 valence electrons. The van der Waals surface area contributed by atoms with Gasteiger partial charge in [0.25, 0.3) is 10.2 Å². The number of nitrogens with two attached hydrogens (primary N) is 1. The third-order valence-electron chi connectivity index (χ3n) is 2.32. The number of hydrogen-bond donors (Lipinski definition) is 1. The number of benzene rings is 1. The number of unbranched alkanes of at least 4 members (excludes halogenated alkanes) is 1. The Bertz CT molecular complexity index is 403. The average Bonchev–Trinajstić information content (AvgIpc) is 2.24. The molecule has 0 saturated carbocycles. The van der Waals surface area contributed by atoms with E-state index in [1.54, 1.807) is 0 Å². The van der Waals surface area contributed by atoms with E-state index < -0.39 is 10.2 Å². The molecule has 1 aromatic carbocycles. The molecule has 0 spiro atoms. The smallest absolute Gasteiger partial charge is 0.216 e. The summed E-state index contributed by atoms with van der Waals surface area (Å²) in [6.07, 6.45) is 1.77. The van der Waals surface area contributed by atoms with E-state index in [0.29, 0.717) is 13.1 Å². The molecule has 0 atom stereocenters. The fourth-order valence-electron chi connectivity index (χ4n) is 1.42. The van der Waals surface area contributed by atoms with Gasteiger partial charge in [-0.1, -0.05) is 43.7 Å². The van der Waals surface area contributed by atoms with Crippen LogP contribution in [-0.2, 0) is 16.8 Å². The third kappa shape index (κ3) is 4.30. The van der Waals surface area contributed by atoms with Gasteiger partial charge >= 0.3 is 0 Å². The lowest BCUT2D eigenvalue weighted by molar-refractivity contribution is 0.399. The zero-order valence-corrected chi connectivity index (χ0v) is 10.3. The van der Waals surface area contributed by atoms with Crippen molar-refractivity contribution in [1.29, 1.82) is 0 Å². The quantitative estimate of drug-likeness (QED) is 0.821. The summed E-state index contributed by atoms with van der Waals surface area (Å²) < 4.78 is 24.0. The van der Waals surface area contributed by atoms with Crippen molar-refractivity contribution >= 4 is 10.2 Å². The van der Waals surface area contributed by atoms with Crippen molar-refractivity contribution in [3.63, 3.8) is 0 Å². The molecule has 0 amide bonds. The highest BCUT2D eigenvalue weighted by Gasteiger charge is 2.16. The van der Waals surface area contributed by atoms with Crippen LogP contribution in [0.4, 0.5) is 0 Å². The van der Waals surface area contributed by atoms with Crippen LogP contribution in [0, 0.1) is 0 Å². The molecule has 4 nitrogen and oxygen atoms in total. The number of nitrogens with zero attached hydrogens (tertiary/aromatic N) is 1. The normalized spacial score (nSPS) is 11.9. The molecule has 0 aliphatic rings. The first-order valence-electron chi connectivity index (χ1n) is 5.36. The minimum absolute atomic E-state index is 0.347. The van der Waals surface area contributed by atoms with Crippen molar-refractivity contribution in [2.24, 2.45) is 5.14 Å². The Labute approximate surface area is 97.3 Å². The second kappa shape index (κ2) is 5.98. The van der Waals surface area contributed by atoms with Crippen molar-refractivity contribution in [3.8, 4) is 0 Å². The maximum Gasteiger partial charge on any atom is 0.277 e. The SMILES string of the molecule is CCCCN(Cc1ccccc1)S(N)(=O)=O. The molecule has 0 saturated heterocycles. The van der Waals surface area contributed by atoms with Crippen LogP contribution in [0.2, 0.25) is 0 Å². The van der Waals surface area contributed by atoms with Gasteiger partial charge in [0, 0.05) is 13.1 Å². The first kappa shape index (κ1) is 13.2. The van der Waals surface area contributed by atoms with E-state index in [9.17, 15) is 8.42 Å². The summed E-state index contributed by atoms with van der Waals surface area (Å²) in [5.41, 5.74) is 0.952. The molecular weight excluding hydrogens is 224 g/mol. The van der Waals surface area contributed by atoms with E-state index in [4.69, 9.17) is 5.14 Å². The molecule has 0 aromatic heterocycles. The standard InChI is InChI=1S/C11H18N2O2S/c1-2-3-9-13(16(12,14)15)10-11-7-5-4-6-8-11/h4-8H,2-3,9-10H2,1H3,(H2,12,14,15). The monoisotopic (exact) mass is 242 g/mol. The van der Waals surface area contributed by atoms with Crippen LogP contribution in [0.15, 0.2) is 30.3 Å². The van der Waals surface area contributed by atoms with Crippen molar-refractivity contribution < 1.29 is 8.42 Å². The van der Waals surface area contributed by atoms with Crippen LogP contribution in [0.25, 0.3) is 0 Å². The first-order valence-corrected chi connectivity index (χ1v) is 6.86. The molecule has 16 heavy (non-hydrogen) atoms. The fourth-order valence-corrected chi connectivity index (χ4v) is 2.13. The Kier molecular flexibility index (Phi) is 4.92. The minimum Gasteiger partial charge on any atom is -0.216 e. The van der Waals surface area contributed by atoms with Crippen molar-refractivity contribution in [1.82, 2.24) is 4.31 Å². The molecule has 1 rings (SSSR count). The minimum atomic E-state index is -3.60. The van der Waals surface area contributed by atoms with E-state index in [1.165, 1.54) is 4.31 Å². The Hall–Kier alpha value is -0.910. The van der Waals surface area contributed by atoms with E-state index >= 15 is 0 Å². The van der Waals surface area contributed by atoms with Gasteiger partial charge in [0.1, 0.15) is 0 Å². The zero-order valence-electron chi connectivity index (χ0n) is 9.46. The Balaban J connectivity index is 2.72. The molecule has 0 aliphatic carbocycles. The summed E-state index contributed by atoms with van der Waals surface area (Å²) in [5, 5.41) is 5.17. The first-order chi connectivity index (χ1) is 7.54. The molecule has 2 N–H and O–H groups in total. The highest BCUT2D eigenvalue weighted by atomic mass is 32.2. The third-order valence-corrected chi connectivity index (χ3v) is 3.35. The van der Waals surface area contributed by atoms with Gasteiger partial charge in [0.15, 0.2) is 0 Å². The lowest BCUT2D eigenvalue weighted by atomic mass is 10.2. The largest absolute Gasteiger partial charge is 0.277 e. The molecule has 0 radical (unpaired) electrons. The second-order valence-corrected chi connectivity index (χ2v) is 5.26. The highest BCUT2D eigenvalue weighted by Crippen LogP contribution is 2.08. The maximum atomic E-state index is 11.3. The number of hydrogen-bond acceptors (Lipinski definition) is 2. The van der Waals surface area contributed by atoms with Crippen molar-refractivity contribution in [3.05, 3.63) is 35.9 Å². The summed E-state index contributed by atoms with van der Waals surface area (Å²) in [6, 6.07) is 9.46. The van der Waals surface area contributed by atoms with Gasteiger partial charge in [0.2, 0.25) is 0 Å². The van der Waals surface area contributed by atoms with E-state index in [2.05, 4.69) is 0 Å². The molecule has 0 fully saturated rings. The summed E-state index contributed by atoms with van der Waals surface area (Å²) >= 11 is 0. The molecule has 0 heterocycles. The predicted molar refractivity (Wildman–Crippen MR) is 64.9 cm³/mol. The Morgan fingerprint density at radius 3 is 2.38 bits per heavy atom. The fraction of sp³-hybridized carbons (Fsp3) is 0.455. The molecule has 1 aromatic rings. The van der Waals surface area contributed by atoms with E-state index in [1.807, 2.05) is 37.3 Å². The molecule has 5 heteroatoms. The van der Waals surface area contributed by atoms with Crippen LogP contribution < -0.4 is 5.14 Å². The lowest BCUT2D eigenvalue weighted by Gasteiger charge is -2.19. The van der Waals surface area contributed by atoms with Crippen LogP contribution >= 0.6 is 0 Å². The summed E-state index contributed by atoms with van der Waals surface area (Å²) in [7, 11) is -3.60. The van der Waals surface area contributed by atoms with Gasteiger partial charge in [-0.25, -0.2) is 5.14 Å².